The molecule has 7 nitrogen and oxygen atoms in total. The van der Waals surface area contributed by atoms with Gasteiger partial charge in [-0.2, -0.15) is 0 Å². The van der Waals surface area contributed by atoms with E-state index in [0.717, 1.165) is 63.1 Å². The molecule has 0 N–H and O–H groups in total. The van der Waals surface area contributed by atoms with Gasteiger partial charge in [-0.15, -0.1) is 0 Å². The molecule has 1 atom stereocenters. The highest BCUT2D eigenvalue weighted by atomic mass is 16.5. The lowest BCUT2D eigenvalue weighted by Crippen LogP contribution is -2.50. The number of benzene rings is 1. The number of fused-ring (bicyclic) bond motifs is 1. The Kier molecular flexibility index (Phi) is 5.87. The van der Waals surface area contributed by atoms with Crippen LogP contribution in [0.4, 0.5) is 0 Å². The van der Waals surface area contributed by atoms with Crippen molar-refractivity contribution in [3.8, 4) is 5.75 Å². The van der Waals surface area contributed by atoms with Crippen LogP contribution < -0.4 is 10.4 Å². The van der Waals surface area contributed by atoms with E-state index in [2.05, 4.69) is 16.8 Å². The molecule has 1 aromatic heterocycles. The SMILES string of the molecule is CCc1cc(=O)oc2cc(OCC(=O)N3CCC(N4CCN(C)CC4)C3)ccc12. The standard InChI is InChI=1S/C22H29N3O4/c1-3-16-12-22(27)29-20-13-18(4-5-19(16)20)28-15-21(26)25-7-6-17(14-25)24-10-8-23(2)9-11-24/h4-5,12-13,17H,3,6-11,14-15H2,1-2H3. The average Bonchev–Trinajstić information content (AvgIpc) is 3.22. The molecule has 0 spiro atoms. The lowest BCUT2D eigenvalue weighted by Gasteiger charge is -2.36. The van der Waals surface area contributed by atoms with Crippen molar-refractivity contribution in [1.29, 1.82) is 0 Å². The van der Waals surface area contributed by atoms with Crippen LogP contribution in [0.15, 0.2) is 33.5 Å². The minimum atomic E-state index is -0.366. The van der Waals surface area contributed by atoms with Crippen molar-refractivity contribution in [3.05, 3.63) is 40.2 Å². The Bertz CT molecular complexity index is 933. The molecule has 2 fully saturated rings. The molecule has 0 radical (unpaired) electrons. The van der Waals surface area contributed by atoms with Crippen LogP contribution >= 0.6 is 0 Å². The number of likely N-dealkylation sites (tertiary alicyclic amines) is 1. The molecule has 0 aliphatic carbocycles. The molecular formula is C22H29N3O4. The lowest BCUT2D eigenvalue weighted by atomic mass is 10.1. The number of piperazine rings is 1. The quantitative estimate of drug-likeness (QED) is 0.712. The van der Waals surface area contributed by atoms with E-state index >= 15 is 0 Å². The van der Waals surface area contributed by atoms with E-state index in [-0.39, 0.29) is 18.1 Å². The second-order valence-electron chi connectivity index (χ2n) is 8.01. The van der Waals surface area contributed by atoms with Gasteiger partial charge in [-0.3, -0.25) is 9.69 Å². The van der Waals surface area contributed by atoms with Crippen LogP contribution in [-0.4, -0.2) is 79.6 Å². The molecular weight excluding hydrogens is 370 g/mol. The number of carbonyl (C=O) groups is 1. The van der Waals surface area contributed by atoms with Gasteiger partial charge < -0.3 is 19.0 Å². The van der Waals surface area contributed by atoms with Gasteiger partial charge in [-0.1, -0.05) is 6.92 Å². The van der Waals surface area contributed by atoms with Crippen LogP contribution in [0.5, 0.6) is 5.75 Å². The number of likely N-dealkylation sites (N-methyl/N-ethyl adjacent to an activating group) is 1. The highest BCUT2D eigenvalue weighted by molar-refractivity contribution is 5.82. The third-order valence-corrected chi connectivity index (χ3v) is 6.12. The zero-order chi connectivity index (χ0) is 20.4. The molecule has 1 amide bonds. The molecule has 156 valence electrons. The van der Waals surface area contributed by atoms with E-state index < -0.39 is 0 Å². The predicted octanol–water partition coefficient (Wildman–Crippen LogP) is 1.58. The molecule has 2 aliphatic heterocycles. The van der Waals surface area contributed by atoms with Crippen molar-refractivity contribution in [3.63, 3.8) is 0 Å². The summed E-state index contributed by atoms with van der Waals surface area (Å²) in [6.07, 6.45) is 1.78. The molecule has 1 unspecified atom stereocenters. The van der Waals surface area contributed by atoms with E-state index in [1.165, 1.54) is 6.07 Å². The van der Waals surface area contributed by atoms with Crippen molar-refractivity contribution in [2.24, 2.45) is 0 Å². The molecule has 3 heterocycles. The summed E-state index contributed by atoms with van der Waals surface area (Å²) >= 11 is 0. The van der Waals surface area contributed by atoms with Gasteiger partial charge in [0.2, 0.25) is 0 Å². The molecule has 2 aliphatic rings. The van der Waals surface area contributed by atoms with Gasteiger partial charge in [0.05, 0.1) is 0 Å². The third kappa shape index (κ3) is 4.46. The van der Waals surface area contributed by atoms with Gasteiger partial charge in [-0.05, 0) is 37.6 Å². The van der Waals surface area contributed by atoms with E-state index in [0.29, 0.717) is 17.4 Å². The van der Waals surface area contributed by atoms with Gasteiger partial charge >= 0.3 is 5.63 Å². The molecule has 0 bridgehead atoms. The summed E-state index contributed by atoms with van der Waals surface area (Å²) in [7, 11) is 2.15. The average molecular weight is 399 g/mol. The topological polar surface area (TPSA) is 66.2 Å². The number of nitrogens with zero attached hydrogens (tertiary/aromatic N) is 3. The Hall–Kier alpha value is -2.38. The monoisotopic (exact) mass is 399 g/mol. The summed E-state index contributed by atoms with van der Waals surface area (Å²) in [5.41, 5.74) is 1.08. The molecule has 7 heteroatoms. The lowest BCUT2D eigenvalue weighted by molar-refractivity contribution is -0.132. The van der Waals surface area contributed by atoms with Crippen LogP contribution in [0.3, 0.4) is 0 Å². The Labute approximate surface area is 170 Å². The van der Waals surface area contributed by atoms with Gasteiger partial charge in [0.1, 0.15) is 11.3 Å². The summed E-state index contributed by atoms with van der Waals surface area (Å²) in [5.74, 6) is 0.544. The van der Waals surface area contributed by atoms with Crippen LogP contribution in [0.2, 0.25) is 0 Å². The Morgan fingerprint density at radius 1 is 1.17 bits per heavy atom. The fraction of sp³-hybridized carbons (Fsp3) is 0.545. The molecule has 29 heavy (non-hydrogen) atoms. The van der Waals surface area contributed by atoms with Gasteiger partial charge in [0.15, 0.2) is 6.61 Å². The fourth-order valence-electron chi connectivity index (χ4n) is 4.28. The van der Waals surface area contributed by atoms with E-state index in [1.807, 2.05) is 24.0 Å². The fourth-order valence-corrected chi connectivity index (χ4v) is 4.28. The van der Waals surface area contributed by atoms with Crippen molar-refractivity contribution in [2.75, 3.05) is 52.9 Å². The zero-order valence-corrected chi connectivity index (χ0v) is 17.2. The number of aryl methyl sites for hydroxylation is 1. The second kappa shape index (κ2) is 8.55. The Balaban J connectivity index is 1.34. The summed E-state index contributed by atoms with van der Waals surface area (Å²) in [5, 5.41) is 0.903. The summed E-state index contributed by atoms with van der Waals surface area (Å²) in [6, 6.07) is 7.38. The number of rotatable bonds is 5. The number of hydrogen-bond donors (Lipinski definition) is 0. The maximum Gasteiger partial charge on any atom is 0.336 e. The predicted molar refractivity (Wildman–Crippen MR) is 111 cm³/mol. The van der Waals surface area contributed by atoms with Crippen LogP contribution in [0.1, 0.15) is 18.9 Å². The van der Waals surface area contributed by atoms with Crippen LogP contribution in [-0.2, 0) is 11.2 Å². The highest BCUT2D eigenvalue weighted by Gasteiger charge is 2.31. The van der Waals surface area contributed by atoms with Crippen molar-refractivity contribution in [2.45, 2.75) is 25.8 Å². The first-order valence-corrected chi connectivity index (χ1v) is 10.4. The first-order chi connectivity index (χ1) is 14.0. The number of ether oxygens (including phenoxy) is 1. The first-order valence-electron chi connectivity index (χ1n) is 10.4. The van der Waals surface area contributed by atoms with Gasteiger partial charge in [-0.25, -0.2) is 4.79 Å². The Morgan fingerprint density at radius 2 is 1.97 bits per heavy atom. The number of carbonyl (C=O) groups excluding carboxylic acids is 1. The normalized spacial score (nSPS) is 21.0. The maximum absolute atomic E-state index is 12.6. The second-order valence-corrected chi connectivity index (χ2v) is 8.01. The van der Waals surface area contributed by atoms with Crippen molar-refractivity contribution >= 4 is 16.9 Å². The summed E-state index contributed by atoms with van der Waals surface area (Å²) in [4.78, 5) is 31.1. The zero-order valence-electron chi connectivity index (χ0n) is 17.2. The highest BCUT2D eigenvalue weighted by Crippen LogP contribution is 2.23. The minimum absolute atomic E-state index is 0.00132. The molecule has 4 rings (SSSR count). The number of hydrogen-bond acceptors (Lipinski definition) is 6. The summed E-state index contributed by atoms with van der Waals surface area (Å²) in [6.45, 7) is 7.88. The maximum atomic E-state index is 12.6. The minimum Gasteiger partial charge on any atom is -0.484 e. The van der Waals surface area contributed by atoms with E-state index in [9.17, 15) is 9.59 Å². The summed E-state index contributed by atoms with van der Waals surface area (Å²) < 4.78 is 11.0. The van der Waals surface area contributed by atoms with Crippen molar-refractivity contribution in [1.82, 2.24) is 14.7 Å². The molecule has 1 aromatic carbocycles. The third-order valence-electron chi connectivity index (χ3n) is 6.12. The van der Waals surface area contributed by atoms with Crippen LogP contribution in [0, 0.1) is 0 Å². The molecule has 2 saturated heterocycles. The smallest absolute Gasteiger partial charge is 0.336 e. The largest absolute Gasteiger partial charge is 0.484 e. The van der Waals surface area contributed by atoms with Gasteiger partial charge in [0.25, 0.3) is 5.91 Å². The molecule has 0 saturated carbocycles. The van der Waals surface area contributed by atoms with Crippen molar-refractivity contribution < 1.29 is 13.9 Å². The van der Waals surface area contributed by atoms with E-state index in [4.69, 9.17) is 9.15 Å². The number of amides is 1. The van der Waals surface area contributed by atoms with Crippen LogP contribution in [0.25, 0.3) is 11.0 Å². The van der Waals surface area contributed by atoms with E-state index in [1.54, 1.807) is 6.07 Å². The first kappa shape index (κ1) is 19.9. The molecule has 2 aromatic rings. The van der Waals surface area contributed by atoms with Gasteiger partial charge in [0, 0.05) is 62.8 Å². The Morgan fingerprint density at radius 3 is 2.72 bits per heavy atom.